The van der Waals surface area contributed by atoms with Crippen LogP contribution in [0.4, 0.5) is 0 Å². The van der Waals surface area contributed by atoms with E-state index in [-0.39, 0.29) is 18.0 Å². The fourth-order valence-corrected chi connectivity index (χ4v) is 1.99. The second kappa shape index (κ2) is 9.97. The Labute approximate surface area is 104 Å². The van der Waals surface area contributed by atoms with E-state index in [4.69, 9.17) is 5.73 Å². The van der Waals surface area contributed by atoms with Gasteiger partial charge < -0.3 is 11.1 Å². The predicted molar refractivity (Wildman–Crippen MR) is 72.7 cm³/mol. The van der Waals surface area contributed by atoms with Crippen molar-refractivity contribution in [2.45, 2.75) is 58.0 Å². The molecule has 0 fully saturated rings. The van der Waals surface area contributed by atoms with Crippen LogP contribution in [0.15, 0.2) is 0 Å². The maximum atomic E-state index is 11.6. The fraction of sp³-hybridized carbons (Fsp3) is 0.917. The molecule has 0 bridgehead atoms. The van der Waals surface area contributed by atoms with Gasteiger partial charge in [-0.3, -0.25) is 4.79 Å². The molecule has 0 aliphatic rings. The van der Waals surface area contributed by atoms with E-state index < -0.39 is 0 Å². The highest BCUT2D eigenvalue weighted by molar-refractivity contribution is 7.98. The number of carbonyl (C=O) groups is 1. The van der Waals surface area contributed by atoms with E-state index in [2.05, 4.69) is 19.2 Å². The quantitative estimate of drug-likeness (QED) is 0.613. The van der Waals surface area contributed by atoms with Crippen LogP contribution in [0.5, 0.6) is 0 Å². The number of rotatable bonds is 9. The molecular weight excluding hydrogens is 220 g/mol. The number of hydrogen-bond acceptors (Lipinski definition) is 3. The summed E-state index contributed by atoms with van der Waals surface area (Å²) in [6.07, 6.45) is 7.46. The Bertz CT molecular complexity index is 188. The summed E-state index contributed by atoms with van der Waals surface area (Å²) >= 11 is 1.72. The van der Waals surface area contributed by atoms with Crippen molar-refractivity contribution in [3.05, 3.63) is 0 Å². The van der Waals surface area contributed by atoms with E-state index in [1.54, 1.807) is 11.8 Å². The molecule has 16 heavy (non-hydrogen) atoms. The van der Waals surface area contributed by atoms with Gasteiger partial charge in [0, 0.05) is 6.04 Å². The second-order valence-electron chi connectivity index (χ2n) is 4.29. The molecule has 0 aliphatic carbocycles. The Morgan fingerprint density at radius 1 is 1.38 bits per heavy atom. The van der Waals surface area contributed by atoms with Gasteiger partial charge in [-0.1, -0.05) is 26.2 Å². The Kier molecular flexibility index (Phi) is 9.83. The molecule has 4 heteroatoms. The molecule has 3 N–H and O–H groups in total. The highest BCUT2D eigenvalue weighted by Gasteiger charge is 2.14. The van der Waals surface area contributed by atoms with E-state index in [0.29, 0.717) is 0 Å². The lowest BCUT2D eigenvalue weighted by atomic mass is 10.1. The smallest absolute Gasteiger partial charge is 0.237 e. The van der Waals surface area contributed by atoms with Gasteiger partial charge >= 0.3 is 0 Å². The summed E-state index contributed by atoms with van der Waals surface area (Å²) in [4.78, 5) is 11.6. The zero-order valence-electron chi connectivity index (χ0n) is 10.8. The molecule has 0 aromatic rings. The standard InChI is InChI=1S/C12H26N2OS/c1-4-5-6-7-10(2)14-12(15)11(13)8-9-16-3/h10-11H,4-9,13H2,1-3H3,(H,14,15)/t10?,11-/m0/s1. The Hall–Kier alpha value is -0.220. The summed E-state index contributed by atoms with van der Waals surface area (Å²) in [6, 6.07) is -0.0968. The van der Waals surface area contributed by atoms with Crippen LogP contribution in [-0.2, 0) is 4.79 Å². The van der Waals surface area contributed by atoms with Crippen LogP contribution >= 0.6 is 11.8 Å². The van der Waals surface area contributed by atoms with Crippen molar-refractivity contribution >= 4 is 17.7 Å². The van der Waals surface area contributed by atoms with Crippen molar-refractivity contribution in [2.75, 3.05) is 12.0 Å². The topological polar surface area (TPSA) is 55.1 Å². The van der Waals surface area contributed by atoms with Gasteiger partial charge in [0.25, 0.3) is 0 Å². The van der Waals surface area contributed by atoms with Crippen molar-refractivity contribution in [3.8, 4) is 0 Å². The largest absolute Gasteiger partial charge is 0.352 e. The molecule has 1 amide bonds. The first-order chi connectivity index (χ1) is 7.61. The molecular formula is C12H26N2OS. The molecule has 0 saturated carbocycles. The molecule has 0 saturated heterocycles. The average molecular weight is 246 g/mol. The van der Waals surface area contributed by atoms with Crippen LogP contribution in [0.1, 0.15) is 46.0 Å². The molecule has 1 unspecified atom stereocenters. The lowest BCUT2D eigenvalue weighted by Crippen LogP contribution is -2.44. The summed E-state index contributed by atoms with van der Waals surface area (Å²) in [6.45, 7) is 4.23. The van der Waals surface area contributed by atoms with Crippen LogP contribution in [0, 0.1) is 0 Å². The maximum Gasteiger partial charge on any atom is 0.237 e. The second-order valence-corrected chi connectivity index (χ2v) is 5.28. The Morgan fingerprint density at radius 3 is 2.62 bits per heavy atom. The zero-order valence-corrected chi connectivity index (χ0v) is 11.6. The highest BCUT2D eigenvalue weighted by Crippen LogP contribution is 2.04. The Balaban J connectivity index is 3.67. The third-order valence-electron chi connectivity index (χ3n) is 2.60. The molecule has 0 radical (unpaired) electrons. The summed E-state index contributed by atoms with van der Waals surface area (Å²) in [5.41, 5.74) is 5.78. The minimum absolute atomic E-state index is 0.00181. The minimum Gasteiger partial charge on any atom is -0.352 e. The summed E-state index contributed by atoms with van der Waals surface area (Å²) < 4.78 is 0. The first-order valence-electron chi connectivity index (χ1n) is 6.16. The van der Waals surface area contributed by atoms with Crippen LogP contribution in [-0.4, -0.2) is 30.0 Å². The van der Waals surface area contributed by atoms with Crippen LogP contribution in [0.3, 0.4) is 0 Å². The van der Waals surface area contributed by atoms with Crippen molar-refractivity contribution < 1.29 is 4.79 Å². The van der Waals surface area contributed by atoms with E-state index in [0.717, 1.165) is 18.6 Å². The first kappa shape index (κ1) is 15.8. The van der Waals surface area contributed by atoms with Gasteiger partial charge in [0.15, 0.2) is 0 Å². The van der Waals surface area contributed by atoms with E-state index in [9.17, 15) is 4.79 Å². The van der Waals surface area contributed by atoms with Gasteiger partial charge in [-0.2, -0.15) is 11.8 Å². The van der Waals surface area contributed by atoms with Crippen molar-refractivity contribution in [3.63, 3.8) is 0 Å². The zero-order chi connectivity index (χ0) is 12.4. The highest BCUT2D eigenvalue weighted by atomic mass is 32.2. The predicted octanol–water partition coefficient (Wildman–Crippen LogP) is 2.15. The number of amides is 1. The third-order valence-corrected chi connectivity index (χ3v) is 3.24. The SMILES string of the molecule is CCCCCC(C)NC(=O)[C@@H](N)CCSC. The molecule has 0 aromatic carbocycles. The molecule has 3 nitrogen and oxygen atoms in total. The molecule has 0 rings (SSSR count). The van der Waals surface area contributed by atoms with Crippen LogP contribution in [0.2, 0.25) is 0 Å². The average Bonchev–Trinajstić information content (AvgIpc) is 2.26. The summed E-state index contributed by atoms with van der Waals surface area (Å²) in [5.74, 6) is 0.941. The lowest BCUT2D eigenvalue weighted by molar-refractivity contribution is -0.123. The van der Waals surface area contributed by atoms with E-state index in [1.165, 1.54) is 19.3 Å². The van der Waals surface area contributed by atoms with Crippen molar-refractivity contribution in [1.29, 1.82) is 0 Å². The molecule has 0 spiro atoms. The number of nitrogens with two attached hydrogens (primary N) is 1. The summed E-state index contributed by atoms with van der Waals surface area (Å²) in [7, 11) is 0. The van der Waals surface area contributed by atoms with Crippen molar-refractivity contribution in [1.82, 2.24) is 5.32 Å². The molecule has 96 valence electrons. The summed E-state index contributed by atoms with van der Waals surface area (Å²) in [5, 5.41) is 2.97. The fourth-order valence-electron chi connectivity index (χ4n) is 1.50. The first-order valence-corrected chi connectivity index (χ1v) is 7.56. The van der Waals surface area contributed by atoms with Gasteiger partial charge in [0.05, 0.1) is 6.04 Å². The third kappa shape index (κ3) is 7.99. The molecule has 0 aliphatic heterocycles. The van der Waals surface area contributed by atoms with Crippen molar-refractivity contribution in [2.24, 2.45) is 5.73 Å². The number of carbonyl (C=O) groups excluding carboxylic acids is 1. The van der Waals surface area contributed by atoms with Gasteiger partial charge in [-0.15, -0.1) is 0 Å². The maximum absolute atomic E-state index is 11.6. The molecule has 0 heterocycles. The normalized spacial score (nSPS) is 14.5. The van der Waals surface area contributed by atoms with Gasteiger partial charge in [0.1, 0.15) is 0 Å². The van der Waals surface area contributed by atoms with Gasteiger partial charge in [0.2, 0.25) is 5.91 Å². The van der Waals surface area contributed by atoms with Crippen LogP contribution in [0.25, 0.3) is 0 Å². The van der Waals surface area contributed by atoms with E-state index in [1.807, 2.05) is 6.26 Å². The number of thioether (sulfide) groups is 1. The van der Waals surface area contributed by atoms with E-state index >= 15 is 0 Å². The number of hydrogen-bond donors (Lipinski definition) is 2. The molecule has 0 aromatic heterocycles. The monoisotopic (exact) mass is 246 g/mol. The van der Waals surface area contributed by atoms with Gasteiger partial charge in [-0.05, 0) is 31.8 Å². The minimum atomic E-state index is -0.346. The number of nitrogens with one attached hydrogen (secondary N) is 1. The van der Waals surface area contributed by atoms with Crippen LogP contribution < -0.4 is 11.1 Å². The Morgan fingerprint density at radius 2 is 2.06 bits per heavy atom. The molecule has 2 atom stereocenters. The van der Waals surface area contributed by atoms with Gasteiger partial charge in [-0.25, -0.2) is 0 Å². The lowest BCUT2D eigenvalue weighted by Gasteiger charge is -2.17. The number of unbranched alkanes of at least 4 members (excludes halogenated alkanes) is 2.